The van der Waals surface area contributed by atoms with Crippen molar-refractivity contribution in [1.29, 1.82) is 0 Å². The number of carbonyl (C=O) groups is 3. The molecule has 3 amide bonds. The fraction of sp³-hybridized carbons (Fsp3) is 0.455. The van der Waals surface area contributed by atoms with Gasteiger partial charge in [-0.1, -0.05) is 0 Å². The Hall–Kier alpha value is -2.16. The van der Waals surface area contributed by atoms with E-state index in [1.165, 1.54) is 16.2 Å². The monoisotopic (exact) mass is 298 g/mol. The van der Waals surface area contributed by atoms with E-state index in [0.29, 0.717) is 13.1 Å². The van der Waals surface area contributed by atoms with Gasteiger partial charge in [0.1, 0.15) is 6.04 Å². The highest BCUT2D eigenvalue weighted by Crippen LogP contribution is 2.10. The lowest BCUT2D eigenvalue weighted by Crippen LogP contribution is -2.59. The van der Waals surface area contributed by atoms with E-state index in [4.69, 9.17) is 5.11 Å². The van der Waals surface area contributed by atoms with Crippen LogP contribution in [0.1, 0.15) is 11.3 Å². The summed E-state index contributed by atoms with van der Waals surface area (Å²) in [7, 11) is 0. The number of piperazine rings is 1. The Balaban J connectivity index is 1.97. The smallest absolute Gasteiger partial charge is 0.318 e. The Kier molecular flexibility index (Phi) is 4.51. The lowest BCUT2D eigenvalue weighted by atomic mass is 10.1. The Labute approximate surface area is 118 Å². The average molecular weight is 298 g/mol. The predicted octanol–water partition coefficient (Wildman–Crippen LogP) is -0.372. The van der Waals surface area contributed by atoms with Crippen LogP contribution in [0.4, 0.5) is 4.79 Å². The van der Waals surface area contributed by atoms with Gasteiger partial charge in [-0.2, -0.15) is 0 Å². The summed E-state index contributed by atoms with van der Waals surface area (Å²) >= 11 is 1.41. The number of nitrogens with one attached hydrogen (secondary N) is 2. The minimum Gasteiger partial charge on any atom is -0.481 e. The van der Waals surface area contributed by atoms with E-state index < -0.39 is 30.4 Å². The third-order valence-electron chi connectivity index (χ3n) is 2.86. The highest BCUT2D eigenvalue weighted by Gasteiger charge is 2.34. The fourth-order valence-electron chi connectivity index (χ4n) is 1.92. The zero-order chi connectivity index (χ0) is 14.5. The number of carboxylic acid groups (broad SMARTS) is 1. The lowest BCUT2D eigenvalue weighted by Gasteiger charge is -2.34. The van der Waals surface area contributed by atoms with Crippen molar-refractivity contribution in [3.8, 4) is 0 Å². The number of rotatable bonds is 4. The highest BCUT2D eigenvalue weighted by molar-refractivity contribution is 7.09. The quantitative estimate of drug-likeness (QED) is 0.702. The molecular weight excluding hydrogens is 284 g/mol. The summed E-state index contributed by atoms with van der Waals surface area (Å²) in [6.45, 7) is 0.919. The maximum absolute atomic E-state index is 12.1. The number of urea groups is 1. The van der Waals surface area contributed by atoms with Crippen LogP contribution in [0.2, 0.25) is 0 Å². The van der Waals surface area contributed by atoms with Crippen LogP contribution < -0.4 is 10.6 Å². The molecule has 0 spiro atoms. The Morgan fingerprint density at radius 3 is 3.05 bits per heavy atom. The van der Waals surface area contributed by atoms with Gasteiger partial charge in [0.25, 0.3) is 0 Å². The summed E-state index contributed by atoms with van der Waals surface area (Å²) in [5.41, 5.74) is 1.66. The molecule has 1 fully saturated rings. The van der Waals surface area contributed by atoms with E-state index in [1.807, 2.05) is 0 Å². The Bertz CT molecular complexity index is 505. The zero-order valence-electron chi connectivity index (χ0n) is 10.5. The van der Waals surface area contributed by atoms with Crippen molar-refractivity contribution in [1.82, 2.24) is 20.5 Å². The van der Waals surface area contributed by atoms with Gasteiger partial charge in [-0.25, -0.2) is 4.79 Å². The predicted molar refractivity (Wildman–Crippen MR) is 70.1 cm³/mol. The van der Waals surface area contributed by atoms with Gasteiger partial charge in [0.15, 0.2) is 0 Å². The molecule has 1 aromatic rings. The molecule has 0 aromatic carbocycles. The summed E-state index contributed by atoms with van der Waals surface area (Å²) in [5, 5.41) is 14.0. The van der Waals surface area contributed by atoms with Gasteiger partial charge >= 0.3 is 12.0 Å². The normalized spacial score (nSPS) is 18.5. The molecule has 108 valence electrons. The van der Waals surface area contributed by atoms with Crippen molar-refractivity contribution in [3.63, 3.8) is 0 Å². The van der Waals surface area contributed by atoms with Crippen molar-refractivity contribution in [2.75, 3.05) is 13.1 Å². The largest absolute Gasteiger partial charge is 0.481 e. The van der Waals surface area contributed by atoms with E-state index >= 15 is 0 Å². The van der Waals surface area contributed by atoms with Crippen LogP contribution in [0.5, 0.6) is 0 Å². The number of aromatic nitrogens is 1. The molecule has 1 aliphatic rings. The van der Waals surface area contributed by atoms with Crippen LogP contribution in [0.15, 0.2) is 11.7 Å². The first-order valence-corrected chi connectivity index (χ1v) is 6.87. The molecule has 1 aliphatic heterocycles. The van der Waals surface area contributed by atoms with Crippen LogP contribution in [0.25, 0.3) is 0 Å². The van der Waals surface area contributed by atoms with Crippen LogP contribution in [-0.4, -0.2) is 52.0 Å². The van der Waals surface area contributed by atoms with E-state index in [2.05, 4.69) is 15.6 Å². The number of carbonyl (C=O) groups excluding carboxylic acids is 2. The van der Waals surface area contributed by atoms with Gasteiger partial charge in [-0.3, -0.25) is 14.6 Å². The molecule has 1 aromatic heterocycles. The molecule has 0 saturated carbocycles. The van der Waals surface area contributed by atoms with Gasteiger partial charge in [0, 0.05) is 24.2 Å². The van der Waals surface area contributed by atoms with Crippen LogP contribution in [-0.2, 0) is 16.1 Å². The molecule has 3 N–H and O–H groups in total. The molecule has 8 nitrogen and oxygen atoms in total. The van der Waals surface area contributed by atoms with Gasteiger partial charge in [-0.05, 0) is 0 Å². The van der Waals surface area contributed by atoms with Crippen molar-refractivity contribution >= 4 is 29.2 Å². The van der Waals surface area contributed by atoms with Crippen LogP contribution in [0, 0.1) is 0 Å². The summed E-state index contributed by atoms with van der Waals surface area (Å²) < 4.78 is 0. The molecule has 9 heteroatoms. The molecule has 0 radical (unpaired) electrons. The second-order valence-corrected chi connectivity index (χ2v) is 5.20. The molecule has 1 saturated heterocycles. The first kappa shape index (κ1) is 14.3. The number of carboxylic acids is 1. The summed E-state index contributed by atoms with van der Waals surface area (Å²) in [5.74, 6) is -1.56. The van der Waals surface area contributed by atoms with Crippen LogP contribution >= 0.6 is 11.3 Å². The zero-order valence-corrected chi connectivity index (χ0v) is 11.4. The van der Waals surface area contributed by atoms with E-state index in [-0.39, 0.29) is 6.54 Å². The molecular formula is C11H14N4O4S. The maximum atomic E-state index is 12.1. The third kappa shape index (κ3) is 3.44. The highest BCUT2D eigenvalue weighted by atomic mass is 32.1. The van der Waals surface area contributed by atoms with Crippen molar-refractivity contribution in [2.24, 2.45) is 0 Å². The van der Waals surface area contributed by atoms with Crippen LogP contribution in [0.3, 0.4) is 0 Å². The number of amides is 3. The average Bonchev–Trinajstić information content (AvgIpc) is 2.91. The minimum absolute atomic E-state index is 0.290. The fourth-order valence-corrected chi connectivity index (χ4v) is 2.45. The van der Waals surface area contributed by atoms with Crippen molar-refractivity contribution in [3.05, 3.63) is 16.6 Å². The molecule has 1 atom stereocenters. The van der Waals surface area contributed by atoms with Gasteiger partial charge in [-0.15, -0.1) is 11.3 Å². The SMILES string of the molecule is O=C(O)CC1C(=O)NCCN1C(=O)NCc1cncs1. The van der Waals surface area contributed by atoms with E-state index in [0.717, 1.165) is 4.88 Å². The van der Waals surface area contributed by atoms with Gasteiger partial charge in [0.05, 0.1) is 18.5 Å². The van der Waals surface area contributed by atoms with Crippen molar-refractivity contribution < 1.29 is 19.5 Å². The molecule has 2 rings (SSSR count). The molecule has 0 aliphatic carbocycles. The third-order valence-corrected chi connectivity index (χ3v) is 3.64. The summed E-state index contributed by atoms with van der Waals surface area (Å²) in [6, 6.07) is -1.41. The molecule has 1 unspecified atom stereocenters. The van der Waals surface area contributed by atoms with Gasteiger partial charge in [0.2, 0.25) is 5.91 Å². The minimum atomic E-state index is -1.12. The Morgan fingerprint density at radius 1 is 1.60 bits per heavy atom. The summed E-state index contributed by atoms with van der Waals surface area (Å²) in [6.07, 6.45) is 1.24. The lowest BCUT2D eigenvalue weighted by molar-refractivity contribution is -0.142. The Morgan fingerprint density at radius 2 is 2.40 bits per heavy atom. The second kappa shape index (κ2) is 6.33. The van der Waals surface area contributed by atoms with Gasteiger partial charge < -0.3 is 20.6 Å². The number of thiazole rings is 1. The standard InChI is InChI=1S/C11H14N4O4S/c16-9(17)3-8-10(18)13-1-2-15(8)11(19)14-5-7-4-12-6-20-7/h4,6,8H,1-3,5H2,(H,13,18)(H,14,19)(H,16,17). The summed E-state index contributed by atoms with van der Waals surface area (Å²) in [4.78, 5) is 40.5. The number of nitrogens with zero attached hydrogens (tertiary/aromatic N) is 2. The van der Waals surface area contributed by atoms with Crippen molar-refractivity contribution in [2.45, 2.75) is 19.0 Å². The number of aliphatic carboxylic acids is 1. The molecule has 0 bridgehead atoms. The second-order valence-electron chi connectivity index (χ2n) is 4.22. The topological polar surface area (TPSA) is 112 Å². The van der Waals surface area contributed by atoms with E-state index in [9.17, 15) is 14.4 Å². The first-order chi connectivity index (χ1) is 9.58. The molecule has 2 heterocycles. The maximum Gasteiger partial charge on any atom is 0.318 e. The van der Waals surface area contributed by atoms with E-state index in [1.54, 1.807) is 11.7 Å². The first-order valence-electron chi connectivity index (χ1n) is 5.99. The number of hydrogen-bond donors (Lipinski definition) is 3. The number of hydrogen-bond acceptors (Lipinski definition) is 5. The molecule has 20 heavy (non-hydrogen) atoms.